The molecule has 3 nitrogen and oxygen atoms in total. The Balaban J connectivity index is 2.58. The third-order valence-electron chi connectivity index (χ3n) is 2.30. The zero-order valence-electron chi connectivity index (χ0n) is 8.20. The Hall–Kier alpha value is -0.550. The van der Waals surface area contributed by atoms with Gasteiger partial charge in [0.25, 0.3) is 0 Å². The molecular weight excluding hydrogens is 262 g/mol. The molecule has 0 bridgehead atoms. The first-order valence-corrected chi connectivity index (χ1v) is 6.49. The van der Waals surface area contributed by atoms with Crippen LogP contribution in [0.1, 0.15) is 12.6 Å². The molecule has 76 valence electrons. The minimum atomic E-state index is 0.838. The van der Waals surface area contributed by atoms with E-state index in [-0.39, 0.29) is 0 Å². The summed E-state index contributed by atoms with van der Waals surface area (Å²) in [5.74, 6) is 1.08. The fourth-order valence-electron chi connectivity index (χ4n) is 1.40. The molecule has 0 saturated carbocycles. The molecule has 0 atom stereocenters. The molecule has 0 spiro atoms. The van der Waals surface area contributed by atoms with E-state index in [2.05, 4.69) is 55.8 Å². The minimum absolute atomic E-state index is 0.838. The highest BCUT2D eigenvalue weighted by molar-refractivity contribution is 9.08. The van der Waals surface area contributed by atoms with Crippen LogP contribution >= 0.6 is 27.3 Å². The third kappa shape index (κ3) is 1.44. The first-order chi connectivity index (χ1) is 6.77. The van der Waals surface area contributed by atoms with E-state index in [1.807, 2.05) is 0 Å². The third-order valence-corrected chi connectivity index (χ3v) is 3.59. The van der Waals surface area contributed by atoms with Crippen molar-refractivity contribution >= 4 is 38.0 Å². The highest BCUT2D eigenvalue weighted by Gasteiger charge is 2.14. The first kappa shape index (κ1) is 9.98. The van der Waals surface area contributed by atoms with Crippen LogP contribution in [0.5, 0.6) is 0 Å². The Kier molecular flexibility index (Phi) is 2.78. The van der Waals surface area contributed by atoms with E-state index in [4.69, 9.17) is 0 Å². The van der Waals surface area contributed by atoms with Crippen LogP contribution in [0.2, 0.25) is 0 Å². The van der Waals surface area contributed by atoms with E-state index < -0.39 is 0 Å². The number of alkyl halides is 1. The maximum Gasteiger partial charge on any atom is 0.195 e. The van der Waals surface area contributed by atoms with Crippen LogP contribution in [-0.4, -0.2) is 23.0 Å². The summed E-state index contributed by atoms with van der Waals surface area (Å²) < 4.78 is 2.14. The van der Waals surface area contributed by atoms with Gasteiger partial charge in [0.1, 0.15) is 0 Å². The molecule has 2 aromatic heterocycles. The lowest BCUT2D eigenvalue weighted by Gasteiger charge is -2.14. The van der Waals surface area contributed by atoms with Gasteiger partial charge in [-0.2, -0.15) is 0 Å². The second kappa shape index (κ2) is 3.90. The molecule has 0 radical (unpaired) electrons. The Labute approximate surface area is 95.5 Å². The summed E-state index contributed by atoms with van der Waals surface area (Å²) >= 11 is 5.18. The monoisotopic (exact) mass is 273 g/mol. The summed E-state index contributed by atoms with van der Waals surface area (Å²) in [5.41, 5.74) is 1.23. The molecule has 2 aromatic rings. The van der Waals surface area contributed by atoms with Gasteiger partial charge in [-0.25, -0.2) is 4.98 Å². The SMILES string of the molecule is CCN(C)c1nc2sccn2c1CBr. The molecule has 14 heavy (non-hydrogen) atoms. The smallest absolute Gasteiger partial charge is 0.195 e. The van der Waals surface area contributed by atoms with Crippen LogP contribution in [0, 0.1) is 0 Å². The lowest BCUT2D eigenvalue weighted by molar-refractivity contribution is 0.934. The highest BCUT2D eigenvalue weighted by atomic mass is 79.9. The Morgan fingerprint density at radius 3 is 3.07 bits per heavy atom. The van der Waals surface area contributed by atoms with Gasteiger partial charge in [0.05, 0.1) is 5.69 Å². The molecular formula is C9H12BrN3S. The topological polar surface area (TPSA) is 20.5 Å². The zero-order chi connectivity index (χ0) is 10.1. The van der Waals surface area contributed by atoms with E-state index in [1.165, 1.54) is 5.69 Å². The predicted molar refractivity (Wildman–Crippen MR) is 64.6 cm³/mol. The Bertz CT molecular complexity index is 434. The average molecular weight is 274 g/mol. The van der Waals surface area contributed by atoms with E-state index >= 15 is 0 Å². The van der Waals surface area contributed by atoms with Crippen molar-refractivity contribution in [3.63, 3.8) is 0 Å². The van der Waals surface area contributed by atoms with Gasteiger partial charge in [0.15, 0.2) is 10.8 Å². The van der Waals surface area contributed by atoms with Crippen molar-refractivity contribution in [2.75, 3.05) is 18.5 Å². The van der Waals surface area contributed by atoms with E-state index in [0.29, 0.717) is 0 Å². The van der Waals surface area contributed by atoms with Crippen LogP contribution in [0.15, 0.2) is 11.6 Å². The number of imidazole rings is 1. The summed E-state index contributed by atoms with van der Waals surface area (Å²) in [6.45, 7) is 3.11. The molecule has 0 unspecified atom stereocenters. The molecule has 0 N–H and O–H groups in total. The normalized spacial score (nSPS) is 11.1. The quantitative estimate of drug-likeness (QED) is 0.802. The minimum Gasteiger partial charge on any atom is -0.358 e. The molecule has 0 saturated heterocycles. The van der Waals surface area contributed by atoms with Crippen molar-refractivity contribution in [1.29, 1.82) is 0 Å². The van der Waals surface area contributed by atoms with Crippen LogP contribution in [-0.2, 0) is 5.33 Å². The molecule has 0 aliphatic heterocycles. The van der Waals surface area contributed by atoms with Crippen LogP contribution in [0.25, 0.3) is 4.96 Å². The van der Waals surface area contributed by atoms with Crippen molar-refractivity contribution in [2.45, 2.75) is 12.3 Å². The summed E-state index contributed by atoms with van der Waals surface area (Å²) in [5, 5.41) is 2.90. The molecule has 0 amide bonds. The van der Waals surface area contributed by atoms with Crippen LogP contribution in [0.3, 0.4) is 0 Å². The largest absolute Gasteiger partial charge is 0.358 e. The zero-order valence-corrected chi connectivity index (χ0v) is 10.6. The number of fused-ring (bicyclic) bond motifs is 1. The van der Waals surface area contributed by atoms with E-state index in [1.54, 1.807) is 11.3 Å². The number of aromatic nitrogens is 2. The number of thiazole rings is 1. The standard InChI is InChI=1S/C9H12BrN3S/c1-3-12(2)8-7(6-10)13-4-5-14-9(13)11-8/h4-5H,3,6H2,1-2H3. The lowest BCUT2D eigenvalue weighted by atomic mass is 10.4. The fourth-order valence-corrected chi connectivity index (χ4v) is 2.65. The van der Waals surface area contributed by atoms with Crippen LogP contribution in [0.4, 0.5) is 5.82 Å². The summed E-state index contributed by atoms with van der Waals surface area (Å²) in [6.07, 6.45) is 2.07. The van der Waals surface area contributed by atoms with Gasteiger partial charge >= 0.3 is 0 Å². The van der Waals surface area contributed by atoms with Gasteiger partial charge in [-0.1, -0.05) is 15.9 Å². The van der Waals surface area contributed by atoms with Crippen LogP contribution < -0.4 is 4.90 Å². The van der Waals surface area contributed by atoms with Gasteiger partial charge in [0, 0.05) is 30.5 Å². The second-order valence-electron chi connectivity index (χ2n) is 3.09. The van der Waals surface area contributed by atoms with Gasteiger partial charge < -0.3 is 4.90 Å². The first-order valence-electron chi connectivity index (χ1n) is 4.49. The van der Waals surface area contributed by atoms with Gasteiger partial charge in [-0.3, -0.25) is 4.40 Å². The van der Waals surface area contributed by atoms with Crippen molar-refractivity contribution in [3.8, 4) is 0 Å². The average Bonchev–Trinajstić information content (AvgIpc) is 2.74. The molecule has 2 rings (SSSR count). The highest BCUT2D eigenvalue weighted by Crippen LogP contribution is 2.25. The Morgan fingerprint density at radius 2 is 2.43 bits per heavy atom. The molecule has 0 aromatic carbocycles. The molecule has 0 fully saturated rings. The van der Waals surface area contributed by atoms with Gasteiger partial charge in [-0.05, 0) is 6.92 Å². The number of hydrogen-bond acceptors (Lipinski definition) is 3. The lowest BCUT2D eigenvalue weighted by Crippen LogP contribution is -2.17. The summed E-state index contributed by atoms with van der Waals surface area (Å²) in [6, 6.07) is 0. The Morgan fingerprint density at radius 1 is 1.64 bits per heavy atom. The van der Waals surface area contributed by atoms with Crippen molar-refractivity contribution in [3.05, 3.63) is 17.3 Å². The number of nitrogens with zero attached hydrogens (tertiary/aromatic N) is 3. The predicted octanol–water partition coefficient (Wildman–Crippen LogP) is 2.75. The number of anilines is 1. The number of rotatable bonds is 3. The van der Waals surface area contributed by atoms with Gasteiger partial charge in [-0.15, -0.1) is 11.3 Å². The second-order valence-corrected chi connectivity index (χ2v) is 4.52. The summed E-state index contributed by atoms with van der Waals surface area (Å²) in [4.78, 5) is 7.82. The fraction of sp³-hybridized carbons (Fsp3) is 0.444. The maximum absolute atomic E-state index is 4.59. The molecule has 5 heteroatoms. The number of halogens is 1. The molecule has 2 heterocycles. The van der Waals surface area contributed by atoms with E-state index in [9.17, 15) is 0 Å². The van der Waals surface area contributed by atoms with Gasteiger partial charge in [0.2, 0.25) is 0 Å². The van der Waals surface area contributed by atoms with Crippen molar-refractivity contribution in [1.82, 2.24) is 9.38 Å². The van der Waals surface area contributed by atoms with Crippen molar-refractivity contribution < 1.29 is 0 Å². The van der Waals surface area contributed by atoms with Crippen molar-refractivity contribution in [2.24, 2.45) is 0 Å². The summed E-state index contributed by atoms with van der Waals surface area (Å²) in [7, 11) is 2.07. The maximum atomic E-state index is 4.59. The number of hydrogen-bond donors (Lipinski definition) is 0. The molecule has 0 aliphatic rings. The van der Waals surface area contributed by atoms with E-state index in [0.717, 1.165) is 22.7 Å². The molecule has 0 aliphatic carbocycles.